The van der Waals surface area contributed by atoms with Crippen LogP contribution in [0.25, 0.3) is 0 Å². The Kier molecular flexibility index (Phi) is 4.87. The van der Waals surface area contributed by atoms with Crippen molar-refractivity contribution in [3.8, 4) is 0 Å². The van der Waals surface area contributed by atoms with Gasteiger partial charge in [-0.05, 0) is 24.6 Å². The SMILES string of the molecule is Cc1ccc(C(=O)NCCN2CCNCC2)c(F)c1. The maximum absolute atomic E-state index is 13.6. The second-order valence-corrected chi connectivity index (χ2v) is 4.83. The Morgan fingerprint density at radius 3 is 2.84 bits per heavy atom. The summed E-state index contributed by atoms with van der Waals surface area (Å²) in [6.07, 6.45) is 0. The Hall–Kier alpha value is -1.46. The maximum Gasteiger partial charge on any atom is 0.254 e. The van der Waals surface area contributed by atoms with Crippen LogP contribution in [0.15, 0.2) is 18.2 Å². The molecular weight excluding hydrogens is 245 g/mol. The number of nitrogens with one attached hydrogen (secondary N) is 2. The van der Waals surface area contributed by atoms with Gasteiger partial charge in [0.2, 0.25) is 0 Å². The van der Waals surface area contributed by atoms with E-state index in [0.717, 1.165) is 38.3 Å². The Bertz CT molecular complexity index is 444. The molecule has 0 radical (unpaired) electrons. The Balaban J connectivity index is 1.80. The van der Waals surface area contributed by atoms with Crippen molar-refractivity contribution in [3.63, 3.8) is 0 Å². The summed E-state index contributed by atoms with van der Waals surface area (Å²) in [5, 5.41) is 6.04. The second kappa shape index (κ2) is 6.63. The quantitative estimate of drug-likeness (QED) is 0.845. The Morgan fingerprint density at radius 2 is 2.16 bits per heavy atom. The van der Waals surface area contributed by atoms with E-state index in [9.17, 15) is 9.18 Å². The zero-order chi connectivity index (χ0) is 13.7. The van der Waals surface area contributed by atoms with Gasteiger partial charge in [0.05, 0.1) is 5.56 Å². The van der Waals surface area contributed by atoms with E-state index in [-0.39, 0.29) is 11.5 Å². The van der Waals surface area contributed by atoms with Crippen molar-refractivity contribution < 1.29 is 9.18 Å². The molecule has 0 saturated carbocycles. The van der Waals surface area contributed by atoms with Gasteiger partial charge in [-0.15, -0.1) is 0 Å². The standard InChI is InChI=1S/C14H20FN3O/c1-11-2-3-12(13(15)10-11)14(19)17-6-9-18-7-4-16-5-8-18/h2-3,10,16H,4-9H2,1H3,(H,17,19). The third-order valence-corrected chi connectivity index (χ3v) is 3.29. The van der Waals surface area contributed by atoms with E-state index in [1.54, 1.807) is 13.0 Å². The molecule has 1 amide bonds. The molecule has 1 aliphatic rings. The topological polar surface area (TPSA) is 44.4 Å². The molecule has 0 atom stereocenters. The second-order valence-electron chi connectivity index (χ2n) is 4.83. The van der Waals surface area contributed by atoms with E-state index >= 15 is 0 Å². The highest BCUT2D eigenvalue weighted by Gasteiger charge is 2.12. The fourth-order valence-electron chi connectivity index (χ4n) is 2.16. The van der Waals surface area contributed by atoms with Crippen molar-refractivity contribution in [3.05, 3.63) is 35.1 Å². The molecule has 2 rings (SSSR count). The summed E-state index contributed by atoms with van der Waals surface area (Å²) in [4.78, 5) is 14.1. The minimum atomic E-state index is -0.459. The third-order valence-electron chi connectivity index (χ3n) is 3.29. The molecule has 1 aromatic rings. The molecule has 0 bridgehead atoms. The number of halogens is 1. The van der Waals surface area contributed by atoms with Crippen LogP contribution in [0.4, 0.5) is 4.39 Å². The summed E-state index contributed by atoms with van der Waals surface area (Å²) in [6.45, 7) is 7.12. The summed E-state index contributed by atoms with van der Waals surface area (Å²) in [5.41, 5.74) is 0.931. The minimum absolute atomic E-state index is 0.117. The fourth-order valence-corrected chi connectivity index (χ4v) is 2.16. The smallest absolute Gasteiger partial charge is 0.254 e. The first-order valence-corrected chi connectivity index (χ1v) is 6.64. The zero-order valence-corrected chi connectivity index (χ0v) is 11.2. The highest BCUT2D eigenvalue weighted by molar-refractivity contribution is 5.94. The average Bonchev–Trinajstić information content (AvgIpc) is 2.39. The highest BCUT2D eigenvalue weighted by Crippen LogP contribution is 2.09. The van der Waals surface area contributed by atoms with E-state index in [1.807, 2.05) is 0 Å². The minimum Gasteiger partial charge on any atom is -0.351 e. The van der Waals surface area contributed by atoms with E-state index < -0.39 is 5.82 Å². The lowest BCUT2D eigenvalue weighted by Crippen LogP contribution is -2.46. The molecule has 19 heavy (non-hydrogen) atoms. The molecule has 5 heteroatoms. The van der Waals surface area contributed by atoms with Gasteiger partial charge in [0.1, 0.15) is 5.82 Å². The largest absolute Gasteiger partial charge is 0.351 e. The van der Waals surface area contributed by atoms with Crippen LogP contribution in [0.1, 0.15) is 15.9 Å². The molecule has 2 N–H and O–H groups in total. The van der Waals surface area contributed by atoms with Crippen LogP contribution in [0, 0.1) is 12.7 Å². The summed E-state index contributed by atoms with van der Waals surface area (Å²) < 4.78 is 13.6. The first-order valence-electron chi connectivity index (χ1n) is 6.64. The number of carbonyl (C=O) groups excluding carboxylic acids is 1. The number of piperazine rings is 1. The monoisotopic (exact) mass is 265 g/mol. The van der Waals surface area contributed by atoms with Crippen LogP contribution in [0.2, 0.25) is 0 Å². The van der Waals surface area contributed by atoms with Crippen molar-refractivity contribution >= 4 is 5.91 Å². The van der Waals surface area contributed by atoms with Gasteiger partial charge < -0.3 is 10.6 Å². The lowest BCUT2D eigenvalue weighted by molar-refractivity contribution is 0.0943. The molecule has 1 saturated heterocycles. The van der Waals surface area contributed by atoms with E-state index in [4.69, 9.17) is 0 Å². The van der Waals surface area contributed by atoms with Gasteiger partial charge in [0.15, 0.2) is 0 Å². The molecular formula is C14H20FN3O. The van der Waals surface area contributed by atoms with Gasteiger partial charge in [-0.1, -0.05) is 6.07 Å². The molecule has 1 aliphatic heterocycles. The molecule has 0 unspecified atom stereocenters. The summed E-state index contributed by atoms with van der Waals surface area (Å²) in [5.74, 6) is -0.799. The molecule has 1 fully saturated rings. The van der Waals surface area contributed by atoms with Crippen LogP contribution in [0.3, 0.4) is 0 Å². The average molecular weight is 265 g/mol. The predicted octanol–water partition coefficient (Wildman–Crippen LogP) is 0.769. The van der Waals surface area contributed by atoms with Crippen molar-refractivity contribution in [2.45, 2.75) is 6.92 Å². The lowest BCUT2D eigenvalue weighted by Gasteiger charge is -2.27. The first-order chi connectivity index (χ1) is 9.16. The van der Waals surface area contributed by atoms with Gasteiger partial charge in [-0.2, -0.15) is 0 Å². The van der Waals surface area contributed by atoms with Gasteiger partial charge in [-0.3, -0.25) is 9.69 Å². The summed E-state index contributed by atoms with van der Waals surface area (Å²) in [6, 6.07) is 4.66. The molecule has 104 valence electrons. The number of nitrogens with zero attached hydrogens (tertiary/aromatic N) is 1. The summed E-state index contributed by atoms with van der Waals surface area (Å²) >= 11 is 0. The molecule has 1 heterocycles. The number of benzene rings is 1. The van der Waals surface area contributed by atoms with Crippen LogP contribution in [0.5, 0.6) is 0 Å². The van der Waals surface area contributed by atoms with Crippen molar-refractivity contribution in [1.29, 1.82) is 0 Å². The summed E-state index contributed by atoms with van der Waals surface area (Å²) in [7, 11) is 0. The number of hydrogen-bond acceptors (Lipinski definition) is 3. The molecule has 0 spiro atoms. The van der Waals surface area contributed by atoms with Crippen molar-refractivity contribution in [1.82, 2.24) is 15.5 Å². The van der Waals surface area contributed by atoms with E-state index in [1.165, 1.54) is 12.1 Å². The van der Waals surface area contributed by atoms with Crippen LogP contribution in [-0.2, 0) is 0 Å². The molecule has 0 aromatic heterocycles. The van der Waals surface area contributed by atoms with E-state index in [2.05, 4.69) is 15.5 Å². The molecule has 4 nitrogen and oxygen atoms in total. The normalized spacial score (nSPS) is 16.3. The van der Waals surface area contributed by atoms with Gasteiger partial charge in [0.25, 0.3) is 5.91 Å². The first kappa shape index (κ1) is 14.0. The Labute approximate surface area is 113 Å². The van der Waals surface area contributed by atoms with Crippen molar-refractivity contribution in [2.24, 2.45) is 0 Å². The number of hydrogen-bond donors (Lipinski definition) is 2. The van der Waals surface area contributed by atoms with Gasteiger partial charge in [-0.25, -0.2) is 4.39 Å². The molecule has 1 aromatic carbocycles. The number of rotatable bonds is 4. The van der Waals surface area contributed by atoms with Crippen molar-refractivity contribution in [2.75, 3.05) is 39.3 Å². The maximum atomic E-state index is 13.6. The highest BCUT2D eigenvalue weighted by atomic mass is 19.1. The predicted molar refractivity (Wildman–Crippen MR) is 72.8 cm³/mol. The number of aryl methyl sites for hydroxylation is 1. The van der Waals surface area contributed by atoms with Crippen LogP contribution >= 0.6 is 0 Å². The van der Waals surface area contributed by atoms with Crippen LogP contribution < -0.4 is 10.6 Å². The van der Waals surface area contributed by atoms with Crippen LogP contribution in [-0.4, -0.2) is 50.1 Å². The third kappa shape index (κ3) is 4.01. The fraction of sp³-hybridized carbons (Fsp3) is 0.500. The van der Waals surface area contributed by atoms with E-state index in [0.29, 0.717) is 6.54 Å². The van der Waals surface area contributed by atoms with Gasteiger partial charge >= 0.3 is 0 Å². The molecule has 0 aliphatic carbocycles. The zero-order valence-electron chi connectivity index (χ0n) is 11.2. The Morgan fingerprint density at radius 1 is 1.42 bits per heavy atom. The van der Waals surface area contributed by atoms with Gasteiger partial charge in [0, 0.05) is 39.3 Å². The number of amides is 1. The number of carbonyl (C=O) groups is 1. The lowest BCUT2D eigenvalue weighted by atomic mass is 10.1.